The van der Waals surface area contributed by atoms with Crippen LogP contribution in [0.3, 0.4) is 0 Å². The summed E-state index contributed by atoms with van der Waals surface area (Å²) >= 11 is 0. The van der Waals surface area contributed by atoms with Crippen molar-refractivity contribution in [1.82, 2.24) is 5.32 Å². The number of carbonyl (C=O) groups excluding carboxylic acids is 2. The van der Waals surface area contributed by atoms with Crippen LogP contribution in [0.5, 0.6) is 0 Å². The lowest BCUT2D eigenvalue weighted by molar-refractivity contribution is -0.313. The molecule has 0 aromatic carbocycles. The molecule has 1 aliphatic carbocycles. The van der Waals surface area contributed by atoms with Gasteiger partial charge in [0.05, 0.1) is 0 Å². The Morgan fingerprint density at radius 2 is 1.83 bits per heavy atom. The van der Waals surface area contributed by atoms with Crippen molar-refractivity contribution in [3.8, 4) is 0 Å². The SMILES string of the molecule is CC(C)[C@@H](CCC(=O)NC1CCCCC1)C(=O)[O-]. The van der Waals surface area contributed by atoms with Gasteiger partial charge < -0.3 is 15.2 Å². The highest BCUT2D eigenvalue weighted by molar-refractivity contribution is 5.77. The summed E-state index contributed by atoms with van der Waals surface area (Å²) in [7, 11) is 0. The smallest absolute Gasteiger partial charge is 0.220 e. The number of carboxylic acid groups (broad SMARTS) is 1. The van der Waals surface area contributed by atoms with Gasteiger partial charge >= 0.3 is 0 Å². The number of carbonyl (C=O) groups is 2. The van der Waals surface area contributed by atoms with Crippen LogP contribution in [0, 0.1) is 11.8 Å². The van der Waals surface area contributed by atoms with Crippen LogP contribution in [-0.2, 0) is 9.59 Å². The van der Waals surface area contributed by atoms with Gasteiger partial charge in [-0.2, -0.15) is 0 Å². The van der Waals surface area contributed by atoms with Gasteiger partial charge in [0.2, 0.25) is 5.91 Å². The van der Waals surface area contributed by atoms with Crippen molar-refractivity contribution in [3.05, 3.63) is 0 Å². The van der Waals surface area contributed by atoms with E-state index >= 15 is 0 Å². The van der Waals surface area contributed by atoms with Gasteiger partial charge in [0.25, 0.3) is 0 Å². The fourth-order valence-corrected chi connectivity index (χ4v) is 2.56. The topological polar surface area (TPSA) is 69.2 Å². The minimum atomic E-state index is -1.05. The first-order chi connectivity index (χ1) is 8.50. The molecule has 1 aliphatic rings. The van der Waals surface area contributed by atoms with Crippen molar-refractivity contribution < 1.29 is 14.7 Å². The zero-order chi connectivity index (χ0) is 13.5. The van der Waals surface area contributed by atoms with Gasteiger partial charge in [0, 0.05) is 24.3 Å². The van der Waals surface area contributed by atoms with Crippen molar-refractivity contribution >= 4 is 11.9 Å². The van der Waals surface area contributed by atoms with Gasteiger partial charge in [-0.05, 0) is 25.2 Å². The quantitative estimate of drug-likeness (QED) is 0.775. The number of hydrogen-bond acceptors (Lipinski definition) is 3. The minimum Gasteiger partial charge on any atom is -0.550 e. The molecule has 104 valence electrons. The molecule has 1 saturated carbocycles. The van der Waals surface area contributed by atoms with Gasteiger partial charge in [0.15, 0.2) is 0 Å². The number of hydrogen-bond donors (Lipinski definition) is 1. The van der Waals surface area contributed by atoms with Crippen LogP contribution in [0.4, 0.5) is 0 Å². The molecule has 0 unspecified atom stereocenters. The van der Waals surface area contributed by atoms with E-state index in [0.29, 0.717) is 12.5 Å². The molecule has 1 rings (SSSR count). The largest absolute Gasteiger partial charge is 0.550 e. The first-order valence-corrected chi connectivity index (χ1v) is 7.01. The molecular formula is C14H24NO3-. The first-order valence-electron chi connectivity index (χ1n) is 7.01. The summed E-state index contributed by atoms with van der Waals surface area (Å²) in [4.78, 5) is 22.6. The van der Waals surface area contributed by atoms with Gasteiger partial charge in [0.1, 0.15) is 0 Å². The summed E-state index contributed by atoms with van der Waals surface area (Å²) in [5.74, 6) is -1.58. The van der Waals surface area contributed by atoms with Crippen molar-refractivity contribution in [3.63, 3.8) is 0 Å². The normalized spacial score (nSPS) is 18.6. The van der Waals surface area contributed by atoms with Crippen LogP contribution in [0.15, 0.2) is 0 Å². The standard InChI is InChI=1S/C14H25NO3/c1-10(2)12(14(17)18)8-9-13(16)15-11-6-4-3-5-7-11/h10-12H,3-9H2,1-2H3,(H,15,16)(H,17,18)/p-1/t12-/m1/s1. The lowest BCUT2D eigenvalue weighted by Crippen LogP contribution is -2.38. The molecule has 1 atom stereocenters. The van der Waals surface area contributed by atoms with E-state index in [1.54, 1.807) is 0 Å². The van der Waals surface area contributed by atoms with E-state index in [9.17, 15) is 14.7 Å². The zero-order valence-corrected chi connectivity index (χ0v) is 11.4. The Labute approximate surface area is 109 Å². The maximum atomic E-state index is 11.7. The second-order valence-corrected chi connectivity index (χ2v) is 5.61. The Bertz CT molecular complexity index is 283. The monoisotopic (exact) mass is 254 g/mol. The molecule has 0 aliphatic heterocycles. The van der Waals surface area contributed by atoms with Gasteiger partial charge in [-0.15, -0.1) is 0 Å². The van der Waals surface area contributed by atoms with E-state index in [0.717, 1.165) is 12.8 Å². The molecule has 4 heteroatoms. The number of amides is 1. The Hall–Kier alpha value is -1.06. The van der Waals surface area contributed by atoms with Crippen molar-refractivity contribution in [1.29, 1.82) is 0 Å². The average Bonchev–Trinajstić information content (AvgIpc) is 2.29. The summed E-state index contributed by atoms with van der Waals surface area (Å²) in [6, 6.07) is 0.298. The van der Waals surface area contributed by atoms with Crippen LogP contribution >= 0.6 is 0 Å². The molecule has 1 amide bonds. The third-order valence-electron chi connectivity index (χ3n) is 3.76. The molecule has 1 N–H and O–H groups in total. The van der Waals surface area contributed by atoms with Crippen molar-refractivity contribution in [2.45, 2.75) is 64.8 Å². The Balaban J connectivity index is 2.28. The van der Waals surface area contributed by atoms with E-state index < -0.39 is 11.9 Å². The molecule has 18 heavy (non-hydrogen) atoms. The third-order valence-corrected chi connectivity index (χ3v) is 3.76. The molecule has 1 fully saturated rings. The molecule has 4 nitrogen and oxygen atoms in total. The van der Waals surface area contributed by atoms with Crippen LogP contribution in [0.1, 0.15) is 58.8 Å². The lowest BCUT2D eigenvalue weighted by Gasteiger charge is -2.24. The van der Waals surface area contributed by atoms with Crippen LogP contribution in [-0.4, -0.2) is 17.9 Å². The minimum absolute atomic E-state index is 0.0116. The molecule has 0 radical (unpaired) electrons. The number of carboxylic acids is 1. The first kappa shape index (κ1) is 15.0. The van der Waals surface area contributed by atoms with Crippen molar-refractivity contribution in [2.75, 3.05) is 0 Å². The van der Waals surface area contributed by atoms with E-state index in [2.05, 4.69) is 5.32 Å². The summed E-state index contributed by atoms with van der Waals surface area (Å²) in [6.07, 6.45) is 6.38. The molecule has 0 aromatic heterocycles. The highest BCUT2D eigenvalue weighted by Gasteiger charge is 2.19. The van der Waals surface area contributed by atoms with Crippen molar-refractivity contribution in [2.24, 2.45) is 11.8 Å². The number of aliphatic carboxylic acids is 1. The van der Waals surface area contributed by atoms with E-state index in [4.69, 9.17) is 0 Å². The predicted molar refractivity (Wildman–Crippen MR) is 67.6 cm³/mol. The summed E-state index contributed by atoms with van der Waals surface area (Å²) < 4.78 is 0. The van der Waals surface area contributed by atoms with Crippen LogP contribution in [0.2, 0.25) is 0 Å². The lowest BCUT2D eigenvalue weighted by atomic mass is 9.91. The fraction of sp³-hybridized carbons (Fsp3) is 0.857. The molecule has 0 saturated heterocycles. The Kier molecular flexibility index (Phi) is 6.16. The maximum absolute atomic E-state index is 11.7. The van der Waals surface area contributed by atoms with Gasteiger partial charge in [-0.1, -0.05) is 33.1 Å². The second kappa shape index (κ2) is 7.39. The summed E-state index contributed by atoms with van der Waals surface area (Å²) in [5.41, 5.74) is 0. The highest BCUT2D eigenvalue weighted by Crippen LogP contribution is 2.19. The van der Waals surface area contributed by atoms with E-state index in [-0.39, 0.29) is 18.2 Å². The highest BCUT2D eigenvalue weighted by atomic mass is 16.4. The maximum Gasteiger partial charge on any atom is 0.220 e. The zero-order valence-electron chi connectivity index (χ0n) is 11.4. The predicted octanol–water partition coefficient (Wildman–Crippen LogP) is 1.24. The Morgan fingerprint density at radius 1 is 1.22 bits per heavy atom. The van der Waals surface area contributed by atoms with Gasteiger partial charge in [-0.3, -0.25) is 4.79 Å². The van der Waals surface area contributed by atoms with Crippen LogP contribution < -0.4 is 10.4 Å². The Morgan fingerprint density at radius 3 is 2.33 bits per heavy atom. The molecular weight excluding hydrogens is 230 g/mol. The molecule has 0 bridgehead atoms. The number of nitrogens with one attached hydrogen (secondary N) is 1. The summed E-state index contributed by atoms with van der Waals surface area (Å²) in [6.45, 7) is 3.69. The molecule has 0 heterocycles. The number of rotatable bonds is 6. The van der Waals surface area contributed by atoms with Crippen LogP contribution in [0.25, 0.3) is 0 Å². The average molecular weight is 254 g/mol. The molecule has 0 spiro atoms. The van der Waals surface area contributed by atoms with E-state index in [1.807, 2.05) is 13.8 Å². The van der Waals surface area contributed by atoms with E-state index in [1.165, 1.54) is 19.3 Å². The second-order valence-electron chi connectivity index (χ2n) is 5.61. The molecule has 0 aromatic rings. The fourth-order valence-electron chi connectivity index (χ4n) is 2.56. The summed E-state index contributed by atoms with van der Waals surface area (Å²) in [5, 5.41) is 13.9. The third kappa shape index (κ3) is 5.07. The van der Waals surface area contributed by atoms with Gasteiger partial charge in [-0.25, -0.2) is 0 Å².